The van der Waals surface area contributed by atoms with E-state index in [4.69, 9.17) is 10.2 Å². The lowest BCUT2D eigenvalue weighted by atomic mass is 10.2. The van der Waals surface area contributed by atoms with Crippen LogP contribution in [0.2, 0.25) is 0 Å². The predicted octanol–water partition coefficient (Wildman–Crippen LogP) is 1.49. The molecule has 5 heteroatoms. The molecule has 4 nitrogen and oxygen atoms in total. The van der Waals surface area contributed by atoms with Crippen molar-refractivity contribution in [3.63, 3.8) is 0 Å². The standard InChI is InChI=1S/C11H16N2O2.ClH/c1-7-5-8(2)15-10(7)11(14)13-4-3-9(12)6-13;/h5,9H,3-4,6,12H2,1-2H3;1H. The Balaban J connectivity index is 0.00000128. The number of hydrogen-bond acceptors (Lipinski definition) is 3. The molecular formula is C11H17ClN2O2. The fourth-order valence-corrected chi connectivity index (χ4v) is 1.97. The summed E-state index contributed by atoms with van der Waals surface area (Å²) in [6, 6.07) is 1.99. The van der Waals surface area contributed by atoms with E-state index in [0.29, 0.717) is 12.3 Å². The van der Waals surface area contributed by atoms with E-state index in [-0.39, 0.29) is 24.4 Å². The van der Waals surface area contributed by atoms with Crippen molar-refractivity contribution in [2.45, 2.75) is 26.3 Å². The first-order valence-corrected chi connectivity index (χ1v) is 5.20. The second-order valence-corrected chi connectivity index (χ2v) is 4.17. The normalized spacial score (nSPS) is 19.7. The van der Waals surface area contributed by atoms with Gasteiger partial charge in [-0.25, -0.2) is 0 Å². The van der Waals surface area contributed by atoms with Gasteiger partial charge in [0.05, 0.1) is 0 Å². The molecule has 1 aromatic heterocycles. The van der Waals surface area contributed by atoms with Crippen LogP contribution in [0.25, 0.3) is 0 Å². The van der Waals surface area contributed by atoms with Gasteiger partial charge in [-0.05, 0) is 26.3 Å². The Labute approximate surface area is 101 Å². The third kappa shape index (κ3) is 2.39. The number of furan rings is 1. The monoisotopic (exact) mass is 244 g/mol. The Morgan fingerprint density at radius 3 is 2.69 bits per heavy atom. The quantitative estimate of drug-likeness (QED) is 0.814. The number of carbonyl (C=O) groups excluding carboxylic acids is 1. The molecule has 90 valence electrons. The zero-order valence-corrected chi connectivity index (χ0v) is 10.3. The number of nitrogens with two attached hydrogens (primary N) is 1. The lowest BCUT2D eigenvalue weighted by Crippen LogP contribution is -2.31. The van der Waals surface area contributed by atoms with Gasteiger partial charge in [0, 0.05) is 24.7 Å². The van der Waals surface area contributed by atoms with Crippen molar-refractivity contribution in [1.82, 2.24) is 4.90 Å². The van der Waals surface area contributed by atoms with E-state index in [9.17, 15) is 4.79 Å². The van der Waals surface area contributed by atoms with Crippen LogP contribution in [0.15, 0.2) is 10.5 Å². The number of rotatable bonds is 1. The third-order valence-electron chi connectivity index (χ3n) is 2.75. The summed E-state index contributed by atoms with van der Waals surface area (Å²) < 4.78 is 5.39. The minimum absolute atomic E-state index is 0. The molecule has 1 atom stereocenters. The maximum absolute atomic E-state index is 12.0. The molecule has 1 amide bonds. The fraction of sp³-hybridized carbons (Fsp3) is 0.545. The molecule has 0 radical (unpaired) electrons. The fourth-order valence-electron chi connectivity index (χ4n) is 1.97. The molecule has 1 fully saturated rings. The number of hydrogen-bond donors (Lipinski definition) is 1. The summed E-state index contributed by atoms with van der Waals surface area (Å²) >= 11 is 0. The molecule has 1 aliphatic heterocycles. The van der Waals surface area contributed by atoms with Gasteiger partial charge in [-0.15, -0.1) is 12.4 Å². The van der Waals surface area contributed by atoms with Crippen LogP contribution in [0, 0.1) is 13.8 Å². The Bertz CT molecular complexity index is 389. The molecule has 0 saturated carbocycles. The van der Waals surface area contributed by atoms with Crippen molar-refractivity contribution >= 4 is 18.3 Å². The molecule has 0 aliphatic carbocycles. The van der Waals surface area contributed by atoms with E-state index < -0.39 is 0 Å². The average molecular weight is 245 g/mol. The smallest absolute Gasteiger partial charge is 0.289 e. The van der Waals surface area contributed by atoms with E-state index in [1.807, 2.05) is 19.9 Å². The molecule has 1 aromatic rings. The summed E-state index contributed by atoms with van der Waals surface area (Å²) in [5.41, 5.74) is 6.66. The Kier molecular flexibility index (Phi) is 3.99. The van der Waals surface area contributed by atoms with Gasteiger partial charge >= 0.3 is 0 Å². The lowest BCUT2D eigenvalue weighted by Gasteiger charge is -2.14. The summed E-state index contributed by atoms with van der Waals surface area (Å²) in [4.78, 5) is 13.8. The van der Waals surface area contributed by atoms with Crippen molar-refractivity contribution in [3.05, 3.63) is 23.2 Å². The van der Waals surface area contributed by atoms with E-state index in [1.54, 1.807) is 4.90 Å². The number of nitrogens with zero attached hydrogens (tertiary/aromatic N) is 1. The van der Waals surface area contributed by atoms with Gasteiger partial charge in [0.2, 0.25) is 0 Å². The Morgan fingerprint density at radius 1 is 1.56 bits per heavy atom. The van der Waals surface area contributed by atoms with Gasteiger partial charge in [0.25, 0.3) is 5.91 Å². The minimum atomic E-state index is -0.0337. The highest BCUT2D eigenvalue weighted by atomic mass is 35.5. The molecule has 0 spiro atoms. The predicted molar refractivity (Wildman–Crippen MR) is 63.9 cm³/mol. The summed E-state index contributed by atoms with van der Waals surface area (Å²) in [6.07, 6.45) is 0.879. The first kappa shape index (κ1) is 13.1. The van der Waals surface area contributed by atoms with Crippen molar-refractivity contribution < 1.29 is 9.21 Å². The maximum atomic E-state index is 12.0. The molecule has 1 aliphatic rings. The van der Waals surface area contributed by atoms with Crippen molar-refractivity contribution in [1.29, 1.82) is 0 Å². The third-order valence-corrected chi connectivity index (χ3v) is 2.75. The largest absolute Gasteiger partial charge is 0.456 e. The zero-order chi connectivity index (χ0) is 11.0. The number of carbonyl (C=O) groups is 1. The maximum Gasteiger partial charge on any atom is 0.289 e. The summed E-state index contributed by atoms with van der Waals surface area (Å²) in [6.45, 7) is 5.11. The summed E-state index contributed by atoms with van der Waals surface area (Å²) in [5.74, 6) is 1.20. The number of likely N-dealkylation sites (tertiary alicyclic amines) is 1. The lowest BCUT2D eigenvalue weighted by molar-refractivity contribution is 0.0757. The average Bonchev–Trinajstić information content (AvgIpc) is 2.71. The molecule has 1 unspecified atom stereocenters. The second-order valence-electron chi connectivity index (χ2n) is 4.17. The molecule has 2 N–H and O–H groups in total. The van der Waals surface area contributed by atoms with Crippen LogP contribution in [-0.2, 0) is 0 Å². The number of amides is 1. The highest BCUT2D eigenvalue weighted by Gasteiger charge is 2.27. The topological polar surface area (TPSA) is 59.5 Å². The van der Waals surface area contributed by atoms with Gasteiger partial charge in [0.1, 0.15) is 5.76 Å². The van der Waals surface area contributed by atoms with Crippen LogP contribution in [0.5, 0.6) is 0 Å². The second kappa shape index (κ2) is 4.89. The zero-order valence-electron chi connectivity index (χ0n) is 9.53. The molecule has 2 rings (SSSR count). The highest BCUT2D eigenvalue weighted by Crippen LogP contribution is 2.18. The van der Waals surface area contributed by atoms with Gasteiger partial charge in [-0.1, -0.05) is 0 Å². The van der Waals surface area contributed by atoms with Gasteiger partial charge in [-0.2, -0.15) is 0 Å². The van der Waals surface area contributed by atoms with Crippen molar-refractivity contribution in [2.75, 3.05) is 13.1 Å². The SMILES string of the molecule is Cc1cc(C)c(C(=O)N2CCC(N)C2)o1.Cl. The van der Waals surface area contributed by atoms with E-state index in [1.165, 1.54) is 0 Å². The molecule has 0 aromatic carbocycles. The van der Waals surface area contributed by atoms with Gasteiger partial charge in [0.15, 0.2) is 5.76 Å². The van der Waals surface area contributed by atoms with Gasteiger partial charge in [-0.3, -0.25) is 4.79 Å². The Hall–Kier alpha value is -1.00. The van der Waals surface area contributed by atoms with Crippen LogP contribution in [0.3, 0.4) is 0 Å². The number of aryl methyl sites for hydroxylation is 2. The van der Waals surface area contributed by atoms with E-state index in [0.717, 1.165) is 24.3 Å². The van der Waals surface area contributed by atoms with Crippen LogP contribution >= 0.6 is 12.4 Å². The van der Waals surface area contributed by atoms with E-state index in [2.05, 4.69) is 0 Å². The van der Waals surface area contributed by atoms with E-state index >= 15 is 0 Å². The van der Waals surface area contributed by atoms with Crippen LogP contribution in [-0.4, -0.2) is 29.9 Å². The molecular weight excluding hydrogens is 228 g/mol. The summed E-state index contributed by atoms with van der Waals surface area (Å²) in [5, 5.41) is 0. The first-order chi connectivity index (χ1) is 7.08. The van der Waals surface area contributed by atoms with Crippen molar-refractivity contribution in [3.8, 4) is 0 Å². The van der Waals surface area contributed by atoms with Crippen LogP contribution in [0.4, 0.5) is 0 Å². The minimum Gasteiger partial charge on any atom is -0.456 e. The van der Waals surface area contributed by atoms with Crippen LogP contribution in [0.1, 0.15) is 28.3 Å². The highest BCUT2D eigenvalue weighted by molar-refractivity contribution is 5.93. The molecule has 16 heavy (non-hydrogen) atoms. The summed E-state index contributed by atoms with van der Waals surface area (Å²) in [7, 11) is 0. The van der Waals surface area contributed by atoms with Crippen LogP contribution < -0.4 is 5.73 Å². The van der Waals surface area contributed by atoms with Gasteiger partial charge < -0.3 is 15.1 Å². The Morgan fingerprint density at radius 2 is 2.25 bits per heavy atom. The molecule has 1 saturated heterocycles. The number of halogens is 1. The molecule has 0 bridgehead atoms. The first-order valence-electron chi connectivity index (χ1n) is 5.20. The van der Waals surface area contributed by atoms with Crippen molar-refractivity contribution in [2.24, 2.45) is 5.73 Å². The molecule has 2 heterocycles.